The predicted octanol–water partition coefficient (Wildman–Crippen LogP) is 6.16. The van der Waals surface area contributed by atoms with E-state index in [1.165, 1.54) is 43.4 Å². The van der Waals surface area contributed by atoms with Crippen molar-refractivity contribution in [3.05, 3.63) is 39.9 Å². The van der Waals surface area contributed by atoms with Gasteiger partial charge in [-0.05, 0) is 44.0 Å². The quantitative estimate of drug-likeness (QED) is 0.451. The first-order chi connectivity index (χ1) is 17.0. The fourth-order valence-corrected chi connectivity index (χ4v) is 7.09. The summed E-state index contributed by atoms with van der Waals surface area (Å²) in [5.74, 6) is -0.520. The fourth-order valence-electron chi connectivity index (χ4n) is 5.66. The highest BCUT2D eigenvalue weighted by molar-refractivity contribution is 7.20. The molecule has 3 aromatic rings. The number of thiophene rings is 1. The Bertz CT molecular complexity index is 1230. The van der Waals surface area contributed by atoms with Crippen LogP contribution in [0.5, 0.6) is 0 Å². The summed E-state index contributed by atoms with van der Waals surface area (Å²) in [6.45, 7) is 5.03. The minimum atomic E-state index is -0.409. The van der Waals surface area contributed by atoms with Crippen molar-refractivity contribution >= 4 is 50.4 Å². The van der Waals surface area contributed by atoms with E-state index in [1.54, 1.807) is 0 Å². The molecule has 1 N–H and O–H groups in total. The molecule has 1 aromatic carbocycles. The van der Waals surface area contributed by atoms with E-state index >= 15 is 0 Å². The van der Waals surface area contributed by atoms with Crippen molar-refractivity contribution in [2.24, 2.45) is 0 Å². The number of nitrogens with one attached hydrogen (secondary N) is 1. The van der Waals surface area contributed by atoms with Crippen molar-refractivity contribution in [2.45, 2.75) is 63.7 Å². The highest BCUT2D eigenvalue weighted by Crippen LogP contribution is 2.38. The molecule has 1 saturated carbocycles. The largest absolute Gasteiger partial charge is 0.370 e. The number of aryl methyl sites for hydroxylation is 1. The normalized spacial score (nSPS) is 20.7. The number of aromatic nitrogens is 2. The summed E-state index contributed by atoms with van der Waals surface area (Å²) >= 11 is 8.18. The van der Waals surface area contributed by atoms with Crippen LogP contribution in [0.3, 0.4) is 0 Å². The molecular weight excluding hydrogens is 484 g/mol. The zero-order chi connectivity index (χ0) is 24.0. The maximum Gasteiger partial charge on any atom is 0.265 e. The molecule has 0 radical (unpaired) electrons. The van der Waals surface area contributed by atoms with Crippen molar-refractivity contribution < 1.29 is 14.3 Å². The summed E-state index contributed by atoms with van der Waals surface area (Å²) in [7, 11) is 0. The van der Waals surface area contributed by atoms with E-state index in [-0.39, 0.29) is 5.91 Å². The summed E-state index contributed by atoms with van der Waals surface area (Å²) in [4.78, 5) is 17.2. The molecule has 0 unspecified atom stereocenters. The average molecular weight is 515 g/mol. The van der Waals surface area contributed by atoms with Gasteiger partial charge in [0.05, 0.1) is 40.5 Å². The van der Waals surface area contributed by atoms with Crippen LogP contribution >= 0.6 is 22.9 Å². The number of hydrogen-bond donors (Lipinski definition) is 1. The maximum atomic E-state index is 13.1. The lowest BCUT2D eigenvalue weighted by Crippen LogP contribution is -2.45. The maximum absolute atomic E-state index is 13.1. The molecule has 0 bridgehead atoms. The number of ether oxygens (including phenoxy) is 2. The third-order valence-corrected chi connectivity index (χ3v) is 9.02. The van der Waals surface area contributed by atoms with Crippen molar-refractivity contribution in [1.82, 2.24) is 9.78 Å². The second-order valence-electron chi connectivity index (χ2n) is 9.87. The molecule has 3 aliphatic rings. The van der Waals surface area contributed by atoms with Gasteiger partial charge < -0.3 is 19.7 Å². The van der Waals surface area contributed by atoms with Gasteiger partial charge in [-0.2, -0.15) is 5.10 Å². The summed E-state index contributed by atoms with van der Waals surface area (Å²) in [5, 5.41) is 9.55. The molecule has 6 rings (SSSR count). The molecule has 1 amide bonds. The van der Waals surface area contributed by atoms with Gasteiger partial charge >= 0.3 is 0 Å². The number of amides is 1. The van der Waals surface area contributed by atoms with Crippen molar-refractivity contribution in [1.29, 1.82) is 0 Å². The summed E-state index contributed by atoms with van der Waals surface area (Å²) in [6.07, 6.45) is 7.79. The smallest absolute Gasteiger partial charge is 0.265 e. The number of nitrogens with zero attached hydrogens (tertiary/aromatic N) is 3. The lowest BCUT2D eigenvalue weighted by atomic mass is 9.96. The van der Waals surface area contributed by atoms with E-state index < -0.39 is 5.79 Å². The molecule has 0 atom stereocenters. The number of rotatable bonds is 4. The van der Waals surface area contributed by atoms with Gasteiger partial charge in [-0.25, -0.2) is 0 Å². The fraction of sp³-hybridized carbons (Fsp3) is 0.538. The molecule has 3 fully saturated rings. The predicted molar refractivity (Wildman–Crippen MR) is 140 cm³/mol. The Balaban J connectivity index is 1.15. The number of hydrogen-bond acceptors (Lipinski definition) is 6. The standard InChI is InChI=1S/C26H31ClN4O3S/c1-17-20-16-23(35-25(20)31(29-17)19-5-3-2-4-6-19)24(32)28-18-7-8-22(21(27)15-18)30-11-9-26(10-12-30)33-13-14-34-26/h7-8,15-16,19H,2-6,9-14H2,1H3,(H,28,32). The van der Waals surface area contributed by atoms with Gasteiger partial charge in [-0.15, -0.1) is 11.3 Å². The van der Waals surface area contributed by atoms with Gasteiger partial charge in [0.15, 0.2) is 5.79 Å². The van der Waals surface area contributed by atoms with Gasteiger partial charge in [0.25, 0.3) is 5.91 Å². The second kappa shape index (κ2) is 9.39. The number of carbonyl (C=O) groups is 1. The molecule has 7 nitrogen and oxygen atoms in total. The van der Waals surface area contributed by atoms with E-state index in [2.05, 4.69) is 14.9 Å². The number of piperidine rings is 1. The first-order valence-corrected chi connectivity index (χ1v) is 13.8. The van der Waals surface area contributed by atoms with Crippen LogP contribution in [0.1, 0.15) is 66.4 Å². The minimum absolute atomic E-state index is 0.111. The number of benzene rings is 1. The summed E-state index contributed by atoms with van der Waals surface area (Å²) < 4.78 is 13.8. The summed E-state index contributed by atoms with van der Waals surface area (Å²) in [6, 6.07) is 8.17. The van der Waals surface area contributed by atoms with Crippen molar-refractivity contribution in [3.8, 4) is 0 Å². The summed E-state index contributed by atoms with van der Waals surface area (Å²) in [5.41, 5.74) is 2.66. The van der Waals surface area contributed by atoms with E-state index in [0.717, 1.165) is 47.5 Å². The molecule has 1 aliphatic carbocycles. The lowest BCUT2D eigenvalue weighted by Gasteiger charge is -2.39. The van der Waals surface area contributed by atoms with Crippen molar-refractivity contribution in [2.75, 3.05) is 36.5 Å². The van der Waals surface area contributed by atoms with Gasteiger partial charge in [0.1, 0.15) is 4.83 Å². The Morgan fingerprint density at radius 1 is 1.14 bits per heavy atom. The van der Waals surface area contributed by atoms with Gasteiger partial charge in [0, 0.05) is 37.0 Å². The molecule has 9 heteroatoms. The molecule has 35 heavy (non-hydrogen) atoms. The van der Waals surface area contributed by atoms with Crippen LogP contribution < -0.4 is 10.2 Å². The van der Waals surface area contributed by atoms with Gasteiger partial charge in [-0.3, -0.25) is 9.48 Å². The van der Waals surface area contributed by atoms with E-state index in [0.29, 0.717) is 34.8 Å². The molecule has 4 heterocycles. The third kappa shape index (κ3) is 4.46. The Hall–Kier alpha value is -2.13. The first kappa shape index (κ1) is 23.3. The zero-order valence-electron chi connectivity index (χ0n) is 20.0. The highest BCUT2D eigenvalue weighted by atomic mass is 35.5. The second-order valence-corrected chi connectivity index (χ2v) is 11.3. The monoisotopic (exact) mass is 514 g/mol. The molecule has 2 aliphatic heterocycles. The van der Waals surface area contributed by atoms with Crippen LogP contribution in [0.4, 0.5) is 11.4 Å². The Morgan fingerprint density at radius 2 is 1.89 bits per heavy atom. The zero-order valence-corrected chi connectivity index (χ0v) is 21.6. The number of fused-ring (bicyclic) bond motifs is 1. The van der Waals surface area contributed by atoms with Gasteiger partial charge in [-0.1, -0.05) is 30.9 Å². The molecule has 2 aromatic heterocycles. The molecule has 1 spiro atoms. The highest BCUT2D eigenvalue weighted by Gasteiger charge is 2.40. The minimum Gasteiger partial charge on any atom is -0.370 e. The topological polar surface area (TPSA) is 68.6 Å². The van der Waals surface area contributed by atoms with Crippen LogP contribution in [-0.2, 0) is 9.47 Å². The third-order valence-electron chi connectivity index (χ3n) is 7.60. The molecule has 186 valence electrons. The number of halogens is 1. The Labute approximate surface area is 214 Å². The molecule has 2 saturated heterocycles. The van der Waals surface area contributed by atoms with Crippen LogP contribution in [0, 0.1) is 6.92 Å². The first-order valence-electron chi connectivity index (χ1n) is 12.6. The molecular formula is C26H31ClN4O3S. The van der Waals surface area contributed by atoms with Crippen LogP contribution in [0.25, 0.3) is 10.2 Å². The van der Waals surface area contributed by atoms with Crippen LogP contribution in [-0.4, -0.2) is 47.8 Å². The SMILES string of the molecule is Cc1nn(C2CCCCC2)c2sc(C(=O)Nc3ccc(N4CCC5(CC4)OCCO5)c(Cl)c3)cc12. The van der Waals surface area contributed by atoms with Crippen molar-refractivity contribution in [3.63, 3.8) is 0 Å². The van der Waals surface area contributed by atoms with Crippen LogP contribution in [0.2, 0.25) is 5.02 Å². The van der Waals surface area contributed by atoms with Crippen LogP contribution in [0.15, 0.2) is 24.3 Å². The Morgan fingerprint density at radius 3 is 2.60 bits per heavy atom. The average Bonchev–Trinajstić information content (AvgIpc) is 3.58. The Kier molecular flexibility index (Phi) is 6.25. The van der Waals surface area contributed by atoms with E-state index in [9.17, 15) is 4.79 Å². The lowest BCUT2D eigenvalue weighted by molar-refractivity contribution is -0.169. The number of carbonyl (C=O) groups excluding carboxylic acids is 1. The number of anilines is 2. The van der Waals surface area contributed by atoms with Gasteiger partial charge in [0.2, 0.25) is 0 Å². The van der Waals surface area contributed by atoms with E-state index in [4.69, 9.17) is 26.2 Å². The van der Waals surface area contributed by atoms with E-state index in [1.807, 2.05) is 31.2 Å².